The van der Waals surface area contributed by atoms with Gasteiger partial charge in [0.1, 0.15) is 10.9 Å². The normalized spacial score (nSPS) is 11.1. The van der Waals surface area contributed by atoms with Crippen LogP contribution in [0.25, 0.3) is 0 Å². The number of benzene rings is 2. The maximum atomic E-state index is 12.5. The molecule has 0 unspecified atom stereocenters. The van der Waals surface area contributed by atoms with E-state index in [1.807, 2.05) is 19.1 Å². The Morgan fingerprint density at radius 2 is 1.86 bits per heavy atom. The van der Waals surface area contributed by atoms with E-state index < -0.39 is 14.9 Å². The number of aromatic nitrogens is 2. The van der Waals surface area contributed by atoms with Crippen LogP contribution in [0, 0.1) is 17.0 Å². The lowest BCUT2D eigenvalue weighted by Crippen LogP contribution is -2.15. The summed E-state index contributed by atoms with van der Waals surface area (Å²) in [6, 6.07) is 13.1. The van der Waals surface area contributed by atoms with Gasteiger partial charge in [-0.1, -0.05) is 35.9 Å². The van der Waals surface area contributed by atoms with Gasteiger partial charge in [-0.05, 0) is 24.6 Å². The number of nitrogens with zero attached hydrogens (tertiary/aromatic N) is 3. The molecule has 0 aliphatic heterocycles. The average Bonchev–Trinajstić information content (AvgIpc) is 2.63. The molecule has 0 spiro atoms. The zero-order valence-electron chi connectivity index (χ0n) is 14.4. The highest BCUT2D eigenvalue weighted by molar-refractivity contribution is 7.92. The van der Waals surface area contributed by atoms with Gasteiger partial charge in [-0.15, -0.1) is 0 Å². The maximum Gasteiger partial charge on any atom is 0.270 e. The number of halogens is 1. The lowest BCUT2D eigenvalue weighted by atomic mass is 10.2. The van der Waals surface area contributed by atoms with Crippen LogP contribution in [0.3, 0.4) is 0 Å². The molecule has 2 aromatic carbocycles. The molecule has 0 saturated carbocycles. The summed E-state index contributed by atoms with van der Waals surface area (Å²) in [6.07, 6.45) is 0. The standard InChI is InChI=1S/C17H13ClN4O5S/c1-11-5-2-3-8-14(11)27-16-10-15(18)19-17(20-16)21-28(25,26)13-7-4-6-12(9-13)22(23)24/h2-10H,1H3,(H,19,20,21). The van der Waals surface area contributed by atoms with E-state index in [1.165, 1.54) is 24.3 Å². The van der Waals surface area contributed by atoms with E-state index in [0.29, 0.717) is 5.75 Å². The van der Waals surface area contributed by atoms with Gasteiger partial charge in [0.2, 0.25) is 11.8 Å². The molecule has 9 nitrogen and oxygen atoms in total. The average molecular weight is 421 g/mol. The van der Waals surface area contributed by atoms with Gasteiger partial charge in [-0.2, -0.15) is 4.98 Å². The Bertz CT molecular complexity index is 1150. The van der Waals surface area contributed by atoms with Crippen molar-refractivity contribution in [2.75, 3.05) is 4.72 Å². The van der Waals surface area contributed by atoms with Gasteiger partial charge in [0, 0.05) is 18.2 Å². The van der Waals surface area contributed by atoms with Crippen molar-refractivity contribution in [2.24, 2.45) is 0 Å². The first-order valence-corrected chi connectivity index (χ1v) is 9.66. The van der Waals surface area contributed by atoms with E-state index in [0.717, 1.165) is 11.6 Å². The summed E-state index contributed by atoms with van der Waals surface area (Å²) >= 11 is 5.94. The van der Waals surface area contributed by atoms with E-state index in [-0.39, 0.29) is 27.6 Å². The molecular formula is C17H13ClN4O5S. The summed E-state index contributed by atoms with van der Waals surface area (Å²) in [5.74, 6) is 0.221. The first-order chi connectivity index (χ1) is 13.2. The Labute approximate surface area is 165 Å². The molecule has 0 fully saturated rings. The Morgan fingerprint density at radius 1 is 1.11 bits per heavy atom. The van der Waals surface area contributed by atoms with E-state index >= 15 is 0 Å². The maximum absolute atomic E-state index is 12.5. The van der Waals surface area contributed by atoms with Crippen molar-refractivity contribution in [1.82, 2.24) is 9.97 Å². The van der Waals surface area contributed by atoms with Gasteiger partial charge < -0.3 is 4.74 Å². The lowest BCUT2D eigenvalue weighted by Gasteiger charge is -2.10. The van der Waals surface area contributed by atoms with E-state index in [2.05, 4.69) is 14.7 Å². The first-order valence-electron chi connectivity index (χ1n) is 7.80. The van der Waals surface area contributed by atoms with Gasteiger partial charge in [-0.25, -0.2) is 18.1 Å². The minimum absolute atomic E-state index is 0.0334. The lowest BCUT2D eigenvalue weighted by molar-refractivity contribution is -0.385. The predicted octanol–water partition coefficient (Wildman–Crippen LogP) is 3.94. The third-order valence-corrected chi connectivity index (χ3v) is 5.06. The van der Waals surface area contributed by atoms with Crippen molar-refractivity contribution in [3.63, 3.8) is 0 Å². The quantitative estimate of drug-likeness (QED) is 0.363. The van der Waals surface area contributed by atoms with Crippen LogP contribution >= 0.6 is 11.6 Å². The Balaban J connectivity index is 1.90. The van der Waals surface area contributed by atoms with Crippen molar-refractivity contribution in [3.05, 3.63) is 75.4 Å². The number of para-hydroxylation sites is 1. The monoisotopic (exact) mass is 420 g/mol. The molecule has 0 atom stereocenters. The van der Waals surface area contributed by atoms with Crippen molar-refractivity contribution >= 4 is 33.3 Å². The highest BCUT2D eigenvalue weighted by atomic mass is 35.5. The van der Waals surface area contributed by atoms with Gasteiger partial charge in [-0.3, -0.25) is 10.1 Å². The van der Waals surface area contributed by atoms with E-state index in [9.17, 15) is 18.5 Å². The molecular weight excluding hydrogens is 408 g/mol. The number of anilines is 1. The fourth-order valence-electron chi connectivity index (χ4n) is 2.22. The van der Waals surface area contributed by atoms with E-state index in [1.54, 1.807) is 12.1 Å². The summed E-state index contributed by atoms with van der Waals surface area (Å²) in [4.78, 5) is 17.7. The fourth-order valence-corrected chi connectivity index (χ4v) is 3.38. The number of aryl methyl sites for hydroxylation is 1. The van der Waals surface area contributed by atoms with Gasteiger partial charge in [0.15, 0.2) is 0 Å². The zero-order valence-corrected chi connectivity index (χ0v) is 15.9. The largest absolute Gasteiger partial charge is 0.439 e. The second kappa shape index (κ2) is 7.79. The minimum atomic E-state index is -4.18. The zero-order chi connectivity index (χ0) is 20.3. The molecule has 0 radical (unpaired) electrons. The summed E-state index contributed by atoms with van der Waals surface area (Å²) < 4.78 is 32.8. The number of nitro benzene ring substituents is 1. The molecule has 0 amide bonds. The van der Waals surface area contributed by atoms with E-state index in [4.69, 9.17) is 16.3 Å². The third-order valence-electron chi connectivity index (χ3n) is 3.54. The number of nitro groups is 1. The number of rotatable bonds is 6. The smallest absolute Gasteiger partial charge is 0.270 e. The number of sulfonamides is 1. The summed E-state index contributed by atoms with van der Waals surface area (Å²) in [5.41, 5.74) is 0.481. The molecule has 3 rings (SSSR count). The number of nitrogens with one attached hydrogen (secondary N) is 1. The molecule has 0 aliphatic rings. The van der Waals surface area contributed by atoms with Crippen LogP contribution in [-0.2, 0) is 10.0 Å². The van der Waals surface area contributed by atoms with Crippen molar-refractivity contribution < 1.29 is 18.1 Å². The Morgan fingerprint density at radius 3 is 2.57 bits per heavy atom. The number of hydrogen-bond acceptors (Lipinski definition) is 7. The summed E-state index contributed by atoms with van der Waals surface area (Å²) in [5, 5.41) is 10.8. The van der Waals surface area contributed by atoms with Crippen LogP contribution < -0.4 is 9.46 Å². The van der Waals surface area contributed by atoms with Crippen LogP contribution in [-0.4, -0.2) is 23.3 Å². The van der Waals surface area contributed by atoms with Crippen LogP contribution in [0.5, 0.6) is 11.6 Å². The predicted molar refractivity (Wildman–Crippen MR) is 102 cm³/mol. The second-order valence-electron chi connectivity index (χ2n) is 5.58. The molecule has 0 aliphatic carbocycles. The SMILES string of the molecule is Cc1ccccc1Oc1cc(Cl)nc(NS(=O)(=O)c2cccc([N+](=O)[O-])c2)n1. The molecule has 28 heavy (non-hydrogen) atoms. The second-order valence-corrected chi connectivity index (χ2v) is 7.65. The Hall–Kier alpha value is -3.24. The highest BCUT2D eigenvalue weighted by Gasteiger charge is 2.20. The van der Waals surface area contributed by atoms with Gasteiger partial charge in [0.25, 0.3) is 15.7 Å². The number of hydrogen-bond donors (Lipinski definition) is 1. The summed E-state index contributed by atoms with van der Waals surface area (Å²) in [7, 11) is -4.18. The molecule has 1 N–H and O–H groups in total. The van der Waals surface area contributed by atoms with Crippen LogP contribution in [0.15, 0.2) is 59.5 Å². The number of ether oxygens (including phenoxy) is 1. The summed E-state index contributed by atoms with van der Waals surface area (Å²) in [6.45, 7) is 1.84. The molecule has 0 bridgehead atoms. The van der Waals surface area contributed by atoms with Crippen molar-refractivity contribution in [2.45, 2.75) is 11.8 Å². The molecule has 11 heteroatoms. The molecule has 1 heterocycles. The highest BCUT2D eigenvalue weighted by Crippen LogP contribution is 2.26. The molecule has 144 valence electrons. The first kappa shape index (κ1) is 19.5. The molecule has 0 saturated heterocycles. The van der Waals surface area contributed by atoms with Crippen LogP contribution in [0.2, 0.25) is 5.15 Å². The van der Waals surface area contributed by atoms with Crippen molar-refractivity contribution in [3.8, 4) is 11.6 Å². The minimum Gasteiger partial charge on any atom is -0.439 e. The fraction of sp³-hybridized carbons (Fsp3) is 0.0588. The van der Waals surface area contributed by atoms with Crippen LogP contribution in [0.4, 0.5) is 11.6 Å². The Kier molecular flexibility index (Phi) is 5.43. The third kappa shape index (κ3) is 4.53. The molecule has 1 aromatic heterocycles. The van der Waals surface area contributed by atoms with Gasteiger partial charge in [0.05, 0.1) is 9.82 Å². The molecule has 3 aromatic rings. The number of non-ortho nitro benzene ring substituents is 1. The topological polar surface area (TPSA) is 124 Å². The van der Waals surface area contributed by atoms with Crippen LogP contribution in [0.1, 0.15) is 5.56 Å². The van der Waals surface area contributed by atoms with Crippen molar-refractivity contribution in [1.29, 1.82) is 0 Å². The van der Waals surface area contributed by atoms with Gasteiger partial charge >= 0.3 is 0 Å².